The Kier molecular flexibility index (Phi) is 7.01. The first-order chi connectivity index (χ1) is 13.0. The van der Waals surface area contributed by atoms with Crippen LogP contribution in [0.1, 0.15) is 12.5 Å². The number of hydrogen-bond acceptors (Lipinski definition) is 6. The number of rotatable bonds is 6. The van der Waals surface area contributed by atoms with Crippen LogP contribution >= 0.6 is 0 Å². The van der Waals surface area contributed by atoms with Crippen molar-refractivity contribution in [2.75, 3.05) is 32.8 Å². The van der Waals surface area contributed by atoms with E-state index in [0.29, 0.717) is 32.4 Å². The number of amides is 1. The summed E-state index contributed by atoms with van der Waals surface area (Å²) in [6, 6.07) is 3.09. The van der Waals surface area contributed by atoms with Crippen molar-refractivity contribution in [1.29, 1.82) is 0 Å². The molecule has 156 valence electrons. The second kappa shape index (κ2) is 8.88. The highest BCUT2D eigenvalue weighted by atomic mass is 32.2. The van der Waals surface area contributed by atoms with Gasteiger partial charge in [-0.2, -0.15) is 17.9 Å². The van der Waals surface area contributed by atoms with Crippen LogP contribution in [-0.2, 0) is 35.3 Å². The Hall–Kier alpha value is -2.18. The summed E-state index contributed by atoms with van der Waals surface area (Å²) in [5, 5.41) is 0. The van der Waals surface area contributed by atoms with E-state index in [1.54, 1.807) is 0 Å². The summed E-state index contributed by atoms with van der Waals surface area (Å²) in [6.07, 6.45) is -5.84. The van der Waals surface area contributed by atoms with Crippen LogP contribution in [0.3, 0.4) is 0 Å². The number of ether oxygens (including phenoxy) is 2. The average Bonchev–Trinajstić information content (AvgIpc) is 2.66. The Balaban J connectivity index is 1.93. The molecule has 1 saturated heterocycles. The molecule has 1 fully saturated rings. The van der Waals surface area contributed by atoms with Crippen LogP contribution in [0.2, 0.25) is 0 Å². The Morgan fingerprint density at radius 1 is 1.29 bits per heavy atom. The van der Waals surface area contributed by atoms with Crippen LogP contribution in [0.5, 0.6) is 0 Å². The van der Waals surface area contributed by atoms with Gasteiger partial charge in [0.05, 0.1) is 23.7 Å². The maximum atomic E-state index is 12.7. The maximum absolute atomic E-state index is 12.7. The lowest BCUT2D eigenvalue weighted by molar-refractivity contribution is -0.160. The topological polar surface area (TPSA) is 102 Å². The van der Waals surface area contributed by atoms with E-state index in [2.05, 4.69) is 0 Å². The third kappa shape index (κ3) is 5.91. The van der Waals surface area contributed by atoms with Crippen molar-refractivity contribution >= 4 is 21.9 Å². The number of carbonyl (C=O) groups excluding carboxylic acids is 2. The number of morpholine rings is 1. The molecule has 0 aliphatic carbocycles. The lowest BCUT2D eigenvalue weighted by Crippen LogP contribution is -2.46. The normalized spacial score (nSPS) is 16.5. The quantitative estimate of drug-likeness (QED) is 0.677. The molecular weight excluding hydrogens is 405 g/mol. The zero-order chi connectivity index (χ0) is 20.9. The van der Waals surface area contributed by atoms with Gasteiger partial charge in [-0.05, 0) is 25.1 Å². The number of halogens is 3. The summed E-state index contributed by atoms with van der Waals surface area (Å²) in [7, 11) is -4.38. The Morgan fingerprint density at radius 2 is 1.93 bits per heavy atom. The molecule has 1 aromatic carbocycles. The molecule has 1 aliphatic rings. The van der Waals surface area contributed by atoms with Crippen LogP contribution in [0.15, 0.2) is 29.2 Å². The molecule has 2 rings (SSSR count). The largest absolute Gasteiger partial charge is 0.452 e. The van der Waals surface area contributed by atoms with Gasteiger partial charge in [-0.15, -0.1) is 0 Å². The number of benzene rings is 1. The number of sulfonamides is 1. The lowest BCUT2D eigenvalue weighted by atomic mass is 10.2. The van der Waals surface area contributed by atoms with Crippen molar-refractivity contribution in [2.24, 2.45) is 0 Å². The van der Waals surface area contributed by atoms with Crippen LogP contribution in [0, 0.1) is 0 Å². The molecule has 0 radical (unpaired) electrons. The van der Waals surface area contributed by atoms with Gasteiger partial charge in [0.15, 0.2) is 6.10 Å². The first-order valence-corrected chi connectivity index (χ1v) is 9.72. The molecule has 12 heteroatoms. The van der Waals surface area contributed by atoms with E-state index in [-0.39, 0.29) is 0 Å². The van der Waals surface area contributed by atoms with E-state index < -0.39 is 51.2 Å². The minimum Gasteiger partial charge on any atom is -0.452 e. The van der Waals surface area contributed by atoms with Crippen molar-refractivity contribution in [3.05, 3.63) is 29.8 Å². The molecule has 0 saturated carbocycles. The molecule has 28 heavy (non-hydrogen) atoms. The Labute approximate surface area is 159 Å². The van der Waals surface area contributed by atoms with Crippen LogP contribution < -0.4 is 4.72 Å². The minimum absolute atomic E-state index is 0.350. The van der Waals surface area contributed by atoms with E-state index >= 15 is 0 Å². The number of hydrogen-bond donors (Lipinski definition) is 1. The predicted octanol–water partition coefficient (Wildman–Crippen LogP) is 0.774. The van der Waals surface area contributed by atoms with E-state index in [9.17, 15) is 31.2 Å². The molecule has 0 aromatic heterocycles. The zero-order valence-electron chi connectivity index (χ0n) is 14.9. The molecule has 1 amide bonds. The molecule has 1 N–H and O–H groups in total. The van der Waals surface area contributed by atoms with Gasteiger partial charge in [-0.1, -0.05) is 6.07 Å². The molecule has 0 bridgehead atoms. The summed E-state index contributed by atoms with van der Waals surface area (Å²) >= 11 is 0. The molecule has 1 atom stereocenters. The number of carbonyl (C=O) groups is 2. The summed E-state index contributed by atoms with van der Waals surface area (Å²) in [6.45, 7) is 1.94. The highest BCUT2D eigenvalue weighted by molar-refractivity contribution is 7.89. The van der Waals surface area contributed by atoms with Crippen LogP contribution in [0.4, 0.5) is 13.2 Å². The van der Waals surface area contributed by atoms with Gasteiger partial charge in [0, 0.05) is 13.1 Å². The van der Waals surface area contributed by atoms with E-state index in [1.165, 1.54) is 11.8 Å². The summed E-state index contributed by atoms with van der Waals surface area (Å²) in [4.78, 5) is 24.8. The van der Waals surface area contributed by atoms with Crippen molar-refractivity contribution in [2.45, 2.75) is 24.1 Å². The monoisotopic (exact) mass is 424 g/mol. The maximum Gasteiger partial charge on any atom is 0.416 e. The van der Waals surface area contributed by atoms with Gasteiger partial charge in [-0.25, -0.2) is 8.42 Å². The minimum atomic E-state index is -4.71. The Morgan fingerprint density at radius 3 is 2.54 bits per heavy atom. The van der Waals surface area contributed by atoms with Crippen LogP contribution in [-0.4, -0.2) is 64.1 Å². The number of alkyl halides is 3. The fraction of sp³-hybridized carbons (Fsp3) is 0.500. The van der Waals surface area contributed by atoms with E-state index in [4.69, 9.17) is 9.47 Å². The molecule has 1 aliphatic heterocycles. The molecule has 1 unspecified atom stereocenters. The molecular formula is C16H19F3N2O6S. The van der Waals surface area contributed by atoms with E-state index in [1.807, 2.05) is 4.72 Å². The standard InChI is InChI=1S/C16H19F3N2O6S/c1-11(15(23)21-5-7-26-8-6-21)27-14(22)10-20-28(24,25)13-4-2-3-12(9-13)16(17,18)19/h2-4,9,11,20H,5-8,10H2,1H3. The average molecular weight is 424 g/mol. The second-order valence-corrected chi connectivity index (χ2v) is 7.69. The van der Waals surface area contributed by atoms with Gasteiger partial charge in [0.2, 0.25) is 10.0 Å². The Bertz CT molecular complexity index is 822. The molecule has 0 spiro atoms. The summed E-state index contributed by atoms with van der Waals surface area (Å²) < 4.78 is 74.2. The number of nitrogens with zero attached hydrogens (tertiary/aromatic N) is 1. The van der Waals surface area contributed by atoms with Crippen LogP contribution in [0.25, 0.3) is 0 Å². The van der Waals surface area contributed by atoms with Crippen molar-refractivity contribution < 1.29 is 40.7 Å². The molecule has 1 heterocycles. The fourth-order valence-electron chi connectivity index (χ4n) is 2.41. The highest BCUT2D eigenvalue weighted by Crippen LogP contribution is 2.30. The van der Waals surface area contributed by atoms with E-state index in [0.717, 1.165) is 18.2 Å². The first kappa shape index (κ1) is 22.1. The van der Waals surface area contributed by atoms with Gasteiger partial charge >= 0.3 is 12.1 Å². The zero-order valence-corrected chi connectivity index (χ0v) is 15.7. The summed E-state index contributed by atoms with van der Waals surface area (Å²) in [5.74, 6) is -1.48. The molecule has 1 aromatic rings. The number of nitrogens with one attached hydrogen (secondary N) is 1. The third-order valence-electron chi connectivity index (χ3n) is 3.86. The van der Waals surface area contributed by atoms with Gasteiger partial charge in [-0.3, -0.25) is 9.59 Å². The molecule has 8 nitrogen and oxygen atoms in total. The lowest BCUT2D eigenvalue weighted by Gasteiger charge is -2.28. The van der Waals surface area contributed by atoms with Gasteiger partial charge in [0.1, 0.15) is 6.54 Å². The predicted molar refractivity (Wildman–Crippen MR) is 89.6 cm³/mol. The fourth-order valence-corrected chi connectivity index (χ4v) is 3.42. The van der Waals surface area contributed by atoms with Gasteiger partial charge in [0.25, 0.3) is 5.91 Å². The van der Waals surface area contributed by atoms with Crippen molar-refractivity contribution in [3.8, 4) is 0 Å². The highest BCUT2D eigenvalue weighted by Gasteiger charge is 2.32. The van der Waals surface area contributed by atoms with Gasteiger partial charge < -0.3 is 14.4 Å². The first-order valence-electron chi connectivity index (χ1n) is 8.23. The second-order valence-electron chi connectivity index (χ2n) is 5.92. The number of esters is 1. The summed E-state index contributed by atoms with van der Waals surface area (Å²) in [5.41, 5.74) is -1.14. The third-order valence-corrected chi connectivity index (χ3v) is 5.26. The SMILES string of the molecule is CC(OC(=O)CNS(=O)(=O)c1cccc(C(F)(F)F)c1)C(=O)N1CCOCC1. The van der Waals surface area contributed by atoms with Crippen molar-refractivity contribution in [1.82, 2.24) is 9.62 Å². The smallest absolute Gasteiger partial charge is 0.416 e. The van der Waals surface area contributed by atoms with Crippen molar-refractivity contribution in [3.63, 3.8) is 0 Å².